The summed E-state index contributed by atoms with van der Waals surface area (Å²) in [6.07, 6.45) is 3.45. The Hall–Kier alpha value is -2.67. The maximum Gasteiger partial charge on any atom is 0.230 e. The fourth-order valence-corrected chi connectivity index (χ4v) is 4.46. The Balaban J connectivity index is 1.63. The highest BCUT2D eigenvalue weighted by atomic mass is 32.2. The van der Waals surface area contributed by atoms with Crippen LogP contribution in [0.5, 0.6) is 17.4 Å². The number of fused-ring (bicyclic) bond motifs is 1. The van der Waals surface area contributed by atoms with Gasteiger partial charge in [0.05, 0.1) is 18.0 Å². The van der Waals surface area contributed by atoms with E-state index in [-0.39, 0.29) is 5.25 Å². The first-order valence-electron chi connectivity index (χ1n) is 7.96. The molecule has 1 heterocycles. The summed E-state index contributed by atoms with van der Waals surface area (Å²) >= 11 is 0. The first kappa shape index (κ1) is 15.8. The van der Waals surface area contributed by atoms with Crippen molar-refractivity contribution in [3.05, 3.63) is 48.8 Å². The molecule has 1 fully saturated rings. The zero-order valence-electron chi connectivity index (χ0n) is 13.7. The molecule has 0 bridgehead atoms. The third-order valence-corrected chi connectivity index (χ3v) is 6.73. The summed E-state index contributed by atoms with van der Waals surface area (Å²) in [7, 11) is -0.578. The number of methoxy groups -OCH3 is 1. The average Bonchev–Trinajstić information content (AvgIpc) is 3.48. The van der Waals surface area contributed by atoms with E-state index in [0.717, 1.165) is 34.4 Å². The Kier molecular flexibility index (Phi) is 3.80. The van der Waals surface area contributed by atoms with E-state index in [2.05, 4.69) is 9.97 Å². The normalized spacial score (nSPS) is 14.4. The van der Waals surface area contributed by atoms with Gasteiger partial charge in [0.2, 0.25) is 5.88 Å². The second-order valence-corrected chi connectivity index (χ2v) is 8.45. The number of rotatable bonds is 5. The van der Waals surface area contributed by atoms with Crippen LogP contribution >= 0.6 is 0 Å². The molecule has 0 saturated heterocycles. The summed E-state index contributed by atoms with van der Waals surface area (Å²) < 4.78 is 27.7. The van der Waals surface area contributed by atoms with E-state index >= 15 is 0 Å². The van der Waals surface area contributed by atoms with E-state index in [1.165, 1.54) is 6.33 Å². The van der Waals surface area contributed by atoms with Gasteiger partial charge >= 0.3 is 0 Å². The summed E-state index contributed by atoms with van der Waals surface area (Å²) in [6, 6.07) is 12.8. The van der Waals surface area contributed by atoms with Gasteiger partial charge in [0.1, 0.15) is 17.8 Å². The third kappa shape index (κ3) is 3.02. The van der Waals surface area contributed by atoms with Gasteiger partial charge in [-0.25, -0.2) is 9.97 Å². The van der Waals surface area contributed by atoms with Crippen LogP contribution in [0.1, 0.15) is 12.8 Å². The van der Waals surface area contributed by atoms with Crippen LogP contribution in [0.2, 0.25) is 0 Å². The summed E-state index contributed by atoms with van der Waals surface area (Å²) in [5.41, 5.74) is 0.746. The quantitative estimate of drug-likeness (QED) is 0.698. The second kappa shape index (κ2) is 6.00. The first-order chi connectivity index (χ1) is 12.1. The number of benzene rings is 2. The van der Waals surface area contributed by atoms with Gasteiger partial charge < -0.3 is 9.47 Å². The van der Waals surface area contributed by atoms with Crippen molar-refractivity contribution in [2.24, 2.45) is 0 Å². The Bertz CT molecular complexity index is 1030. The molecule has 1 saturated carbocycles. The fourth-order valence-electron chi connectivity index (χ4n) is 2.67. The predicted octanol–water partition coefficient (Wildman–Crippen LogP) is 4.63. The van der Waals surface area contributed by atoms with Crippen molar-refractivity contribution < 1.29 is 9.47 Å². The molecule has 1 aliphatic carbocycles. The van der Waals surface area contributed by atoms with Crippen molar-refractivity contribution in [1.82, 2.24) is 9.97 Å². The van der Waals surface area contributed by atoms with Gasteiger partial charge in [0.15, 0.2) is 0 Å². The van der Waals surface area contributed by atoms with Crippen LogP contribution in [-0.4, -0.2) is 22.3 Å². The zero-order chi connectivity index (χ0) is 17.4. The summed E-state index contributed by atoms with van der Waals surface area (Å²) in [5, 5.41) is 1.02. The predicted molar refractivity (Wildman–Crippen MR) is 96.7 cm³/mol. The second-order valence-electron chi connectivity index (χ2n) is 5.99. The van der Waals surface area contributed by atoms with Crippen LogP contribution in [0.3, 0.4) is 0 Å². The maximum atomic E-state index is 8.30. The van der Waals surface area contributed by atoms with Crippen LogP contribution in [0, 0.1) is 9.56 Å². The highest BCUT2D eigenvalue weighted by molar-refractivity contribution is 7.94. The van der Waals surface area contributed by atoms with Crippen molar-refractivity contribution in [3.63, 3.8) is 0 Å². The van der Waals surface area contributed by atoms with Crippen LogP contribution in [0.4, 0.5) is 0 Å². The molecule has 0 radical (unpaired) electrons. The lowest BCUT2D eigenvalue weighted by Gasteiger charge is -2.11. The SMILES string of the molecule is COc1ccc2c(Oc3ccc(S(=N)(=N)C4CC4)cc3)ncnc2c1. The number of ether oxygens (including phenoxy) is 2. The van der Waals surface area contributed by atoms with Crippen molar-refractivity contribution in [2.75, 3.05) is 7.11 Å². The van der Waals surface area contributed by atoms with Crippen LogP contribution in [0.25, 0.3) is 10.9 Å². The van der Waals surface area contributed by atoms with Gasteiger partial charge in [-0.3, -0.25) is 9.56 Å². The molecule has 3 aromatic rings. The molecular weight excluding hydrogens is 336 g/mol. The van der Waals surface area contributed by atoms with Crippen LogP contribution in [0.15, 0.2) is 53.7 Å². The smallest absolute Gasteiger partial charge is 0.230 e. The molecule has 25 heavy (non-hydrogen) atoms. The van der Waals surface area contributed by atoms with E-state index in [9.17, 15) is 0 Å². The lowest BCUT2D eigenvalue weighted by Crippen LogP contribution is -2.02. The third-order valence-electron chi connectivity index (χ3n) is 4.24. The molecule has 2 N–H and O–H groups in total. The Labute approximate surface area is 146 Å². The van der Waals surface area contributed by atoms with Gasteiger partial charge in [-0.1, -0.05) is 0 Å². The van der Waals surface area contributed by atoms with E-state index < -0.39 is 9.62 Å². The van der Waals surface area contributed by atoms with Gasteiger partial charge in [-0.15, -0.1) is 0 Å². The number of nitrogens with zero attached hydrogens (tertiary/aromatic N) is 2. The molecule has 4 rings (SSSR count). The number of hydrogen-bond donors (Lipinski definition) is 2. The maximum absolute atomic E-state index is 8.30. The Morgan fingerprint density at radius 1 is 1.00 bits per heavy atom. The minimum atomic E-state index is -2.19. The monoisotopic (exact) mass is 354 g/mol. The zero-order valence-corrected chi connectivity index (χ0v) is 14.5. The molecule has 2 aromatic carbocycles. The van der Waals surface area contributed by atoms with E-state index in [0.29, 0.717) is 11.6 Å². The van der Waals surface area contributed by atoms with Crippen LogP contribution < -0.4 is 9.47 Å². The van der Waals surface area contributed by atoms with Crippen molar-refractivity contribution in [2.45, 2.75) is 23.0 Å². The minimum absolute atomic E-state index is 0.222. The number of nitrogens with one attached hydrogen (secondary N) is 2. The molecule has 128 valence electrons. The summed E-state index contributed by atoms with van der Waals surface area (Å²) in [6.45, 7) is 0. The molecule has 0 aliphatic heterocycles. The molecule has 7 heteroatoms. The van der Waals surface area contributed by atoms with Crippen molar-refractivity contribution >= 4 is 20.5 Å². The van der Waals surface area contributed by atoms with Gasteiger partial charge in [0.25, 0.3) is 0 Å². The Morgan fingerprint density at radius 2 is 1.72 bits per heavy atom. The molecule has 0 spiro atoms. The first-order valence-corrected chi connectivity index (χ1v) is 9.65. The molecule has 0 unspecified atom stereocenters. The standard InChI is InChI=1S/C18H18N4O2S/c1-23-13-4-9-16-17(10-13)21-11-22-18(16)24-12-2-5-14(6-3-12)25(19,20)15-7-8-15/h2-6,9-11,15,19-20H,7-8H2,1H3. The highest BCUT2D eigenvalue weighted by Crippen LogP contribution is 2.36. The molecule has 0 amide bonds. The van der Waals surface area contributed by atoms with E-state index in [1.54, 1.807) is 19.2 Å². The van der Waals surface area contributed by atoms with Gasteiger partial charge in [-0.2, -0.15) is 0 Å². The van der Waals surface area contributed by atoms with E-state index in [4.69, 9.17) is 19.0 Å². The van der Waals surface area contributed by atoms with Gasteiger partial charge in [0, 0.05) is 16.2 Å². The van der Waals surface area contributed by atoms with Crippen molar-refractivity contribution in [3.8, 4) is 17.4 Å². The fraction of sp³-hybridized carbons (Fsp3) is 0.222. The largest absolute Gasteiger partial charge is 0.497 e. The Morgan fingerprint density at radius 3 is 2.40 bits per heavy atom. The van der Waals surface area contributed by atoms with Crippen LogP contribution in [-0.2, 0) is 9.62 Å². The topological polar surface area (TPSA) is 91.9 Å². The minimum Gasteiger partial charge on any atom is -0.497 e. The van der Waals surface area contributed by atoms with Crippen molar-refractivity contribution in [1.29, 1.82) is 9.56 Å². The summed E-state index contributed by atoms with van der Waals surface area (Å²) in [4.78, 5) is 9.25. The number of aromatic nitrogens is 2. The molecule has 1 aliphatic rings. The van der Waals surface area contributed by atoms with Gasteiger partial charge in [-0.05, 0) is 58.9 Å². The molecular formula is C18H18N4O2S. The lowest BCUT2D eigenvalue weighted by atomic mass is 10.2. The van der Waals surface area contributed by atoms with E-state index in [1.807, 2.05) is 30.3 Å². The molecule has 6 nitrogen and oxygen atoms in total. The highest BCUT2D eigenvalue weighted by Gasteiger charge is 2.30. The lowest BCUT2D eigenvalue weighted by molar-refractivity contribution is 0.415. The molecule has 0 atom stereocenters. The molecule has 1 aromatic heterocycles. The summed E-state index contributed by atoms with van der Waals surface area (Å²) in [5.74, 6) is 1.83. The number of hydrogen-bond acceptors (Lipinski definition) is 6. The average molecular weight is 354 g/mol.